The summed E-state index contributed by atoms with van der Waals surface area (Å²) in [6.07, 6.45) is 0. The average molecular weight is 373 g/mol. The molecule has 0 bridgehead atoms. The Labute approximate surface area is 159 Å². The first-order chi connectivity index (χ1) is 12.6. The van der Waals surface area contributed by atoms with Gasteiger partial charge in [-0.2, -0.15) is 0 Å². The molecular weight excluding hydrogens is 346 g/mol. The van der Waals surface area contributed by atoms with Gasteiger partial charge in [0.05, 0.1) is 12.2 Å². The first-order valence-electron chi connectivity index (χ1n) is 8.84. The van der Waals surface area contributed by atoms with Gasteiger partial charge in [0.2, 0.25) is 0 Å². The fraction of sp³-hybridized carbons (Fsp3) is 0.300. The highest BCUT2D eigenvalue weighted by atomic mass is 32.2. The van der Waals surface area contributed by atoms with Gasteiger partial charge in [0, 0.05) is 16.3 Å². The Morgan fingerprint density at radius 1 is 0.923 bits per heavy atom. The van der Waals surface area contributed by atoms with Crippen molar-refractivity contribution in [2.75, 3.05) is 31.5 Å². The fourth-order valence-corrected chi connectivity index (χ4v) is 3.42. The Morgan fingerprint density at radius 3 is 2.27 bits per heavy atom. The van der Waals surface area contributed by atoms with Gasteiger partial charge in [0.15, 0.2) is 13.1 Å². The van der Waals surface area contributed by atoms with Crippen molar-refractivity contribution in [3.8, 4) is 0 Å². The molecule has 0 aromatic heterocycles. The van der Waals surface area contributed by atoms with E-state index in [4.69, 9.17) is 0 Å². The molecule has 2 amide bonds. The zero-order valence-corrected chi connectivity index (χ0v) is 16.1. The number of nitrogens with one attached hydrogen (secondary N) is 3. The van der Waals surface area contributed by atoms with Crippen LogP contribution in [0.5, 0.6) is 0 Å². The van der Waals surface area contributed by atoms with Crippen molar-refractivity contribution >= 4 is 29.3 Å². The zero-order chi connectivity index (χ0) is 18.8. The largest absolute Gasteiger partial charge is 0.351 e. The SMILES string of the molecule is CCNC(=O)C[NH+](CC)CC(=O)Nc1ccccc1Sc1ccccc1. The van der Waals surface area contributed by atoms with Crippen molar-refractivity contribution in [3.63, 3.8) is 0 Å². The lowest BCUT2D eigenvalue weighted by molar-refractivity contribution is -0.881. The number of likely N-dealkylation sites (N-methyl/N-ethyl adjacent to an activating group) is 2. The van der Waals surface area contributed by atoms with Gasteiger partial charge >= 0.3 is 0 Å². The minimum atomic E-state index is -0.0905. The zero-order valence-electron chi connectivity index (χ0n) is 15.2. The Hall–Kier alpha value is -2.31. The van der Waals surface area contributed by atoms with E-state index >= 15 is 0 Å². The molecule has 0 radical (unpaired) electrons. The minimum Gasteiger partial charge on any atom is -0.351 e. The van der Waals surface area contributed by atoms with Crippen LogP contribution in [0.15, 0.2) is 64.4 Å². The topological polar surface area (TPSA) is 62.6 Å². The molecule has 0 heterocycles. The molecule has 0 saturated carbocycles. The molecule has 3 N–H and O–H groups in total. The van der Waals surface area contributed by atoms with Gasteiger partial charge in [0.25, 0.3) is 11.8 Å². The summed E-state index contributed by atoms with van der Waals surface area (Å²) in [6.45, 7) is 5.74. The summed E-state index contributed by atoms with van der Waals surface area (Å²) >= 11 is 1.61. The maximum Gasteiger partial charge on any atom is 0.279 e. The molecule has 1 atom stereocenters. The summed E-state index contributed by atoms with van der Waals surface area (Å²) in [5.41, 5.74) is 0.791. The van der Waals surface area contributed by atoms with Crippen LogP contribution in [-0.4, -0.2) is 38.0 Å². The maximum atomic E-state index is 12.5. The molecule has 2 rings (SSSR count). The number of rotatable bonds is 9. The summed E-state index contributed by atoms with van der Waals surface area (Å²) in [4.78, 5) is 27.2. The fourth-order valence-electron chi connectivity index (χ4n) is 2.50. The van der Waals surface area contributed by atoms with Gasteiger partial charge in [-0.15, -0.1) is 0 Å². The molecule has 26 heavy (non-hydrogen) atoms. The molecule has 0 aliphatic carbocycles. The van der Waals surface area contributed by atoms with Gasteiger partial charge in [-0.25, -0.2) is 0 Å². The van der Waals surface area contributed by atoms with Crippen LogP contribution in [0.4, 0.5) is 5.69 Å². The highest BCUT2D eigenvalue weighted by molar-refractivity contribution is 7.99. The number of quaternary nitrogens is 1. The summed E-state index contributed by atoms with van der Waals surface area (Å²) in [7, 11) is 0. The monoisotopic (exact) mass is 372 g/mol. The number of hydrogen-bond acceptors (Lipinski definition) is 3. The lowest BCUT2D eigenvalue weighted by atomic mass is 10.3. The van der Waals surface area contributed by atoms with Crippen molar-refractivity contribution < 1.29 is 14.5 Å². The lowest BCUT2D eigenvalue weighted by Crippen LogP contribution is -3.14. The summed E-state index contributed by atoms with van der Waals surface area (Å²) in [5.74, 6) is -0.121. The molecule has 0 aliphatic heterocycles. The van der Waals surface area contributed by atoms with E-state index in [0.29, 0.717) is 19.6 Å². The van der Waals surface area contributed by atoms with Crippen molar-refractivity contribution in [2.24, 2.45) is 0 Å². The first kappa shape index (κ1) is 20.0. The quantitative estimate of drug-likeness (QED) is 0.629. The molecule has 0 spiro atoms. The number of benzene rings is 2. The molecule has 0 aliphatic rings. The van der Waals surface area contributed by atoms with Gasteiger partial charge in [0.1, 0.15) is 0 Å². The van der Waals surface area contributed by atoms with E-state index in [1.165, 1.54) is 0 Å². The summed E-state index contributed by atoms with van der Waals surface area (Å²) in [6, 6.07) is 17.8. The molecule has 138 valence electrons. The van der Waals surface area contributed by atoms with Crippen LogP contribution in [-0.2, 0) is 9.59 Å². The van der Waals surface area contributed by atoms with Crippen molar-refractivity contribution in [3.05, 3.63) is 54.6 Å². The van der Waals surface area contributed by atoms with Gasteiger partial charge < -0.3 is 15.5 Å². The molecular formula is C20H26N3O2S+. The Kier molecular flexibility index (Phi) is 8.18. The van der Waals surface area contributed by atoms with Crippen LogP contribution < -0.4 is 15.5 Å². The maximum absolute atomic E-state index is 12.5. The van der Waals surface area contributed by atoms with Crippen LogP contribution in [0.25, 0.3) is 0 Å². The first-order valence-corrected chi connectivity index (χ1v) is 9.66. The van der Waals surface area contributed by atoms with E-state index in [1.807, 2.05) is 68.4 Å². The smallest absolute Gasteiger partial charge is 0.279 e. The van der Waals surface area contributed by atoms with E-state index in [9.17, 15) is 9.59 Å². The van der Waals surface area contributed by atoms with Gasteiger partial charge in [-0.3, -0.25) is 9.59 Å². The Bertz CT molecular complexity index is 722. The third kappa shape index (κ3) is 6.54. The Balaban J connectivity index is 1.99. The second-order valence-electron chi connectivity index (χ2n) is 5.87. The molecule has 2 aromatic rings. The third-order valence-corrected chi connectivity index (χ3v) is 4.91. The van der Waals surface area contributed by atoms with E-state index in [0.717, 1.165) is 20.4 Å². The van der Waals surface area contributed by atoms with Crippen molar-refractivity contribution in [1.29, 1.82) is 0 Å². The second kappa shape index (κ2) is 10.6. The second-order valence-corrected chi connectivity index (χ2v) is 6.99. The number of carbonyl (C=O) groups is 2. The number of para-hydroxylation sites is 1. The van der Waals surface area contributed by atoms with Gasteiger partial charge in [-0.1, -0.05) is 42.1 Å². The van der Waals surface area contributed by atoms with Crippen LogP contribution in [0.2, 0.25) is 0 Å². The predicted octanol–water partition coefficient (Wildman–Crippen LogP) is 1.82. The number of hydrogen-bond donors (Lipinski definition) is 3. The standard InChI is InChI=1S/C20H25N3O2S/c1-3-21-19(24)14-23(4-2)15-20(25)22-17-12-8-9-13-18(17)26-16-10-6-5-7-11-16/h5-13H,3-4,14-15H2,1-2H3,(H,21,24)(H,22,25)/p+1. The van der Waals surface area contributed by atoms with Crippen LogP contribution >= 0.6 is 11.8 Å². The number of carbonyl (C=O) groups excluding carboxylic acids is 2. The molecule has 1 unspecified atom stereocenters. The van der Waals surface area contributed by atoms with E-state index in [2.05, 4.69) is 10.6 Å². The van der Waals surface area contributed by atoms with E-state index in [1.54, 1.807) is 11.8 Å². The molecule has 0 fully saturated rings. The summed E-state index contributed by atoms with van der Waals surface area (Å²) < 4.78 is 0. The molecule has 2 aromatic carbocycles. The molecule has 5 nitrogen and oxygen atoms in total. The molecule has 6 heteroatoms. The van der Waals surface area contributed by atoms with Crippen LogP contribution in [0.3, 0.4) is 0 Å². The molecule has 0 saturated heterocycles. The minimum absolute atomic E-state index is 0.0304. The normalized spacial score (nSPS) is 11.6. The highest BCUT2D eigenvalue weighted by Gasteiger charge is 2.17. The highest BCUT2D eigenvalue weighted by Crippen LogP contribution is 2.32. The van der Waals surface area contributed by atoms with Crippen LogP contribution in [0, 0.1) is 0 Å². The average Bonchev–Trinajstić information content (AvgIpc) is 2.64. The van der Waals surface area contributed by atoms with E-state index in [-0.39, 0.29) is 18.4 Å². The van der Waals surface area contributed by atoms with Crippen molar-refractivity contribution in [1.82, 2.24) is 5.32 Å². The van der Waals surface area contributed by atoms with E-state index < -0.39 is 0 Å². The van der Waals surface area contributed by atoms with Crippen LogP contribution in [0.1, 0.15) is 13.8 Å². The summed E-state index contributed by atoms with van der Waals surface area (Å²) in [5, 5.41) is 5.76. The number of anilines is 1. The van der Waals surface area contributed by atoms with Gasteiger partial charge in [-0.05, 0) is 38.1 Å². The lowest BCUT2D eigenvalue weighted by Gasteiger charge is -2.17. The Morgan fingerprint density at radius 2 is 1.58 bits per heavy atom. The third-order valence-electron chi connectivity index (χ3n) is 3.83. The predicted molar refractivity (Wildman–Crippen MR) is 106 cm³/mol. The van der Waals surface area contributed by atoms with Crippen molar-refractivity contribution in [2.45, 2.75) is 23.6 Å². The number of amides is 2.